The average molecular weight is 287 g/mol. The maximum atomic E-state index is 12.9. The molecule has 4 nitrogen and oxygen atoms in total. The summed E-state index contributed by atoms with van der Waals surface area (Å²) in [6, 6.07) is 11.7. The molecule has 5 heteroatoms. The number of anilines is 1. The van der Waals surface area contributed by atoms with Gasteiger partial charge in [0, 0.05) is 25.2 Å². The fourth-order valence-corrected chi connectivity index (χ4v) is 2.13. The fraction of sp³-hybridized carbons (Fsp3) is 0.188. The summed E-state index contributed by atoms with van der Waals surface area (Å²) in [5, 5.41) is 7.67. The Morgan fingerprint density at radius 3 is 2.48 bits per heavy atom. The van der Waals surface area contributed by atoms with E-state index in [1.807, 2.05) is 18.0 Å². The fourth-order valence-electron chi connectivity index (χ4n) is 2.13. The predicted molar refractivity (Wildman–Crippen MR) is 82.5 cm³/mol. The van der Waals surface area contributed by atoms with Crippen molar-refractivity contribution in [3.8, 4) is 5.75 Å². The Bertz CT molecular complexity index is 640. The molecule has 0 saturated heterocycles. The molecule has 0 heterocycles. The van der Waals surface area contributed by atoms with Crippen LogP contribution in [-0.4, -0.2) is 20.0 Å². The Kier molecular flexibility index (Phi) is 4.42. The van der Waals surface area contributed by atoms with Crippen molar-refractivity contribution in [2.45, 2.75) is 6.54 Å². The standard InChI is InChI=1S/C16H18FN3O/c1-20(10-11-3-5-12(17)6-4-11)15-9-13(21-2)7-8-14(15)16(18)19/h3-9H,10H2,1-2H3,(H3,18,19). The second kappa shape index (κ2) is 6.26. The van der Waals surface area contributed by atoms with Crippen molar-refractivity contribution in [2.24, 2.45) is 5.73 Å². The average Bonchev–Trinajstić information content (AvgIpc) is 2.48. The van der Waals surface area contributed by atoms with Crippen LogP contribution in [0.15, 0.2) is 42.5 Å². The van der Waals surface area contributed by atoms with Crippen LogP contribution < -0.4 is 15.4 Å². The zero-order chi connectivity index (χ0) is 15.4. The highest BCUT2D eigenvalue weighted by atomic mass is 19.1. The predicted octanol–water partition coefficient (Wildman–Crippen LogP) is 2.75. The lowest BCUT2D eigenvalue weighted by molar-refractivity contribution is 0.415. The number of hydrogen-bond donors (Lipinski definition) is 2. The van der Waals surface area contributed by atoms with E-state index >= 15 is 0 Å². The van der Waals surface area contributed by atoms with Crippen LogP contribution >= 0.6 is 0 Å². The van der Waals surface area contributed by atoms with Crippen LogP contribution in [-0.2, 0) is 6.54 Å². The first kappa shape index (κ1) is 14.8. The number of halogens is 1. The molecule has 0 atom stereocenters. The van der Waals surface area contributed by atoms with Crippen LogP contribution in [0.5, 0.6) is 5.75 Å². The maximum Gasteiger partial charge on any atom is 0.124 e. The minimum absolute atomic E-state index is 0.00129. The third kappa shape index (κ3) is 3.51. The van der Waals surface area contributed by atoms with E-state index < -0.39 is 0 Å². The van der Waals surface area contributed by atoms with E-state index in [0.29, 0.717) is 17.9 Å². The number of rotatable bonds is 5. The van der Waals surface area contributed by atoms with Gasteiger partial charge in [0.05, 0.1) is 12.8 Å². The first-order valence-electron chi connectivity index (χ1n) is 6.49. The van der Waals surface area contributed by atoms with E-state index in [1.165, 1.54) is 12.1 Å². The number of hydrogen-bond acceptors (Lipinski definition) is 3. The second-order valence-corrected chi connectivity index (χ2v) is 4.78. The van der Waals surface area contributed by atoms with Gasteiger partial charge in [-0.25, -0.2) is 4.39 Å². The van der Waals surface area contributed by atoms with Gasteiger partial charge in [-0.15, -0.1) is 0 Å². The second-order valence-electron chi connectivity index (χ2n) is 4.78. The van der Waals surface area contributed by atoms with Gasteiger partial charge in [0.15, 0.2) is 0 Å². The van der Waals surface area contributed by atoms with Gasteiger partial charge in [-0.05, 0) is 29.8 Å². The van der Waals surface area contributed by atoms with E-state index in [9.17, 15) is 4.39 Å². The van der Waals surface area contributed by atoms with Gasteiger partial charge < -0.3 is 15.4 Å². The molecule has 110 valence electrons. The number of ether oxygens (including phenoxy) is 1. The van der Waals surface area contributed by atoms with Crippen molar-refractivity contribution >= 4 is 11.5 Å². The summed E-state index contributed by atoms with van der Waals surface area (Å²) in [7, 11) is 3.48. The quantitative estimate of drug-likeness (QED) is 0.656. The van der Waals surface area contributed by atoms with Gasteiger partial charge in [0.25, 0.3) is 0 Å². The number of nitrogens with one attached hydrogen (secondary N) is 1. The molecule has 0 bridgehead atoms. The summed E-state index contributed by atoms with van der Waals surface area (Å²) >= 11 is 0. The number of methoxy groups -OCH3 is 1. The Balaban J connectivity index is 2.30. The van der Waals surface area contributed by atoms with E-state index in [2.05, 4.69) is 0 Å². The molecule has 0 aliphatic heterocycles. The van der Waals surface area contributed by atoms with Gasteiger partial charge in [0.1, 0.15) is 17.4 Å². The number of nitrogens with two attached hydrogens (primary N) is 1. The van der Waals surface area contributed by atoms with E-state index in [4.69, 9.17) is 15.9 Å². The molecule has 0 radical (unpaired) electrons. The zero-order valence-corrected chi connectivity index (χ0v) is 12.1. The molecule has 21 heavy (non-hydrogen) atoms. The Morgan fingerprint density at radius 2 is 1.90 bits per heavy atom. The minimum atomic E-state index is -0.257. The normalized spacial score (nSPS) is 10.2. The van der Waals surface area contributed by atoms with E-state index in [0.717, 1.165) is 11.3 Å². The molecule has 0 aliphatic rings. The molecular formula is C16H18FN3O. The Morgan fingerprint density at radius 1 is 1.24 bits per heavy atom. The molecule has 0 saturated carbocycles. The van der Waals surface area contributed by atoms with E-state index in [-0.39, 0.29) is 11.7 Å². The number of nitrogens with zero attached hydrogens (tertiary/aromatic N) is 1. The van der Waals surface area contributed by atoms with Crippen LogP contribution in [0.1, 0.15) is 11.1 Å². The van der Waals surface area contributed by atoms with Gasteiger partial charge in [-0.2, -0.15) is 0 Å². The molecule has 0 fully saturated rings. The lowest BCUT2D eigenvalue weighted by Gasteiger charge is -2.23. The topological polar surface area (TPSA) is 62.3 Å². The highest BCUT2D eigenvalue weighted by Gasteiger charge is 2.12. The minimum Gasteiger partial charge on any atom is -0.497 e. The molecule has 2 rings (SSSR count). The van der Waals surface area contributed by atoms with Crippen molar-refractivity contribution in [3.63, 3.8) is 0 Å². The van der Waals surface area contributed by atoms with Gasteiger partial charge in [0.2, 0.25) is 0 Å². The summed E-state index contributed by atoms with van der Waals surface area (Å²) in [6.07, 6.45) is 0. The number of amidine groups is 1. The molecular weight excluding hydrogens is 269 g/mol. The summed E-state index contributed by atoms with van der Waals surface area (Å²) in [5.74, 6) is 0.437. The first-order chi connectivity index (χ1) is 10.0. The zero-order valence-electron chi connectivity index (χ0n) is 12.1. The number of nitrogen functional groups attached to an aromatic ring is 1. The van der Waals surface area contributed by atoms with Crippen LogP contribution in [0.2, 0.25) is 0 Å². The summed E-state index contributed by atoms with van der Waals surface area (Å²) in [4.78, 5) is 1.95. The van der Waals surface area contributed by atoms with Crippen LogP contribution in [0.4, 0.5) is 10.1 Å². The largest absolute Gasteiger partial charge is 0.497 e. The van der Waals surface area contributed by atoms with E-state index in [1.54, 1.807) is 31.4 Å². The molecule has 0 aliphatic carbocycles. The Labute approximate surface area is 123 Å². The summed E-state index contributed by atoms with van der Waals surface area (Å²) < 4.78 is 18.2. The number of benzene rings is 2. The SMILES string of the molecule is COc1ccc(C(=N)N)c(N(C)Cc2ccc(F)cc2)c1. The van der Waals surface area contributed by atoms with Crippen molar-refractivity contribution in [3.05, 3.63) is 59.4 Å². The summed E-state index contributed by atoms with van der Waals surface area (Å²) in [6.45, 7) is 0.577. The first-order valence-corrected chi connectivity index (χ1v) is 6.49. The lowest BCUT2D eigenvalue weighted by atomic mass is 10.1. The molecule has 0 spiro atoms. The van der Waals surface area contributed by atoms with Crippen LogP contribution in [0.3, 0.4) is 0 Å². The molecule has 0 amide bonds. The molecule has 2 aromatic rings. The van der Waals surface area contributed by atoms with Gasteiger partial charge in [-0.1, -0.05) is 12.1 Å². The Hall–Kier alpha value is -2.56. The third-order valence-electron chi connectivity index (χ3n) is 3.24. The van der Waals surface area contributed by atoms with Crippen molar-refractivity contribution in [1.29, 1.82) is 5.41 Å². The lowest BCUT2D eigenvalue weighted by Crippen LogP contribution is -2.22. The monoisotopic (exact) mass is 287 g/mol. The van der Waals surface area contributed by atoms with Crippen molar-refractivity contribution in [2.75, 3.05) is 19.1 Å². The molecule has 3 N–H and O–H groups in total. The van der Waals surface area contributed by atoms with Crippen molar-refractivity contribution in [1.82, 2.24) is 0 Å². The van der Waals surface area contributed by atoms with Crippen molar-refractivity contribution < 1.29 is 9.13 Å². The molecule has 0 aromatic heterocycles. The van der Waals surface area contributed by atoms with Gasteiger partial charge in [-0.3, -0.25) is 5.41 Å². The smallest absolute Gasteiger partial charge is 0.124 e. The summed E-state index contributed by atoms with van der Waals surface area (Å²) in [5.41, 5.74) is 8.03. The maximum absolute atomic E-state index is 12.9. The van der Waals surface area contributed by atoms with Gasteiger partial charge >= 0.3 is 0 Å². The van der Waals surface area contributed by atoms with Crippen LogP contribution in [0.25, 0.3) is 0 Å². The van der Waals surface area contributed by atoms with Crippen LogP contribution in [0, 0.1) is 11.2 Å². The molecule has 2 aromatic carbocycles. The third-order valence-corrected chi connectivity index (χ3v) is 3.24. The highest BCUT2D eigenvalue weighted by Crippen LogP contribution is 2.26. The highest BCUT2D eigenvalue weighted by molar-refractivity contribution is 6.00. The molecule has 0 unspecified atom stereocenters.